The predicted octanol–water partition coefficient (Wildman–Crippen LogP) is 2.00. The van der Waals surface area contributed by atoms with Crippen molar-refractivity contribution < 1.29 is 19.2 Å². The molecule has 0 aliphatic carbocycles. The number of amides is 2. The molecule has 1 aromatic carbocycles. The van der Waals surface area contributed by atoms with Crippen LogP contribution in [0.3, 0.4) is 0 Å². The molecule has 20 heavy (non-hydrogen) atoms. The van der Waals surface area contributed by atoms with Crippen LogP contribution < -0.4 is 10.6 Å². The maximum atomic E-state index is 11.6. The number of nitrogens with zero attached hydrogens (tertiary/aromatic N) is 1. The summed E-state index contributed by atoms with van der Waals surface area (Å²) < 4.78 is 4.82. The van der Waals surface area contributed by atoms with Crippen LogP contribution >= 0.6 is 0 Å². The number of anilines is 1. The van der Waals surface area contributed by atoms with Crippen LogP contribution in [-0.2, 0) is 6.54 Å². The zero-order valence-electron chi connectivity index (χ0n) is 10.7. The van der Waals surface area contributed by atoms with Crippen molar-refractivity contribution >= 4 is 17.8 Å². The Morgan fingerprint density at radius 3 is 2.55 bits per heavy atom. The van der Waals surface area contributed by atoms with Gasteiger partial charge in [0.2, 0.25) is 0 Å². The van der Waals surface area contributed by atoms with Gasteiger partial charge in [0.1, 0.15) is 5.76 Å². The lowest BCUT2D eigenvalue weighted by Crippen LogP contribution is -2.28. The molecule has 0 unspecified atom stereocenters. The van der Waals surface area contributed by atoms with Crippen LogP contribution in [-0.4, -0.2) is 22.3 Å². The molecule has 7 heteroatoms. The van der Waals surface area contributed by atoms with Gasteiger partial charge in [0.25, 0.3) is 0 Å². The molecule has 0 bridgehead atoms. The highest BCUT2D eigenvalue weighted by Crippen LogP contribution is 2.07. The molecule has 104 valence electrons. The molecule has 3 N–H and O–H groups in total. The maximum Gasteiger partial charge on any atom is 0.335 e. The first-order valence-corrected chi connectivity index (χ1v) is 5.85. The van der Waals surface area contributed by atoms with E-state index in [0.717, 1.165) is 5.56 Å². The number of benzene rings is 1. The van der Waals surface area contributed by atoms with Crippen molar-refractivity contribution in [3.05, 3.63) is 47.2 Å². The number of aromatic carboxylic acids is 1. The van der Waals surface area contributed by atoms with Gasteiger partial charge in [-0.2, -0.15) is 0 Å². The smallest absolute Gasteiger partial charge is 0.335 e. The van der Waals surface area contributed by atoms with Gasteiger partial charge in [-0.1, -0.05) is 17.3 Å². The van der Waals surface area contributed by atoms with Crippen LogP contribution in [0.1, 0.15) is 21.7 Å². The summed E-state index contributed by atoms with van der Waals surface area (Å²) in [5.74, 6) is -0.0468. The zero-order chi connectivity index (χ0) is 14.5. The van der Waals surface area contributed by atoms with Gasteiger partial charge >= 0.3 is 12.0 Å². The molecule has 0 fully saturated rings. The third kappa shape index (κ3) is 3.58. The highest BCUT2D eigenvalue weighted by Gasteiger charge is 2.06. The second-order valence-corrected chi connectivity index (χ2v) is 4.13. The number of carbonyl (C=O) groups is 2. The molecule has 0 radical (unpaired) electrons. The van der Waals surface area contributed by atoms with E-state index in [0.29, 0.717) is 11.6 Å². The summed E-state index contributed by atoms with van der Waals surface area (Å²) in [7, 11) is 0. The number of aryl methyl sites for hydroxylation is 1. The minimum atomic E-state index is -0.983. The largest absolute Gasteiger partial charge is 0.478 e. The zero-order valence-corrected chi connectivity index (χ0v) is 10.7. The maximum absolute atomic E-state index is 11.6. The summed E-state index contributed by atoms with van der Waals surface area (Å²) in [6.07, 6.45) is 0. The fourth-order valence-electron chi connectivity index (χ4n) is 1.53. The summed E-state index contributed by atoms with van der Waals surface area (Å²) >= 11 is 0. The Morgan fingerprint density at radius 2 is 2.00 bits per heavy atom. The monoisotopic (exact) mass is 275 g/mol. The molecule has 0 saturated heterocycles. The average Bonchev–Trinajstić information content (AvgIpc) is 2.82. The van der Waals surface area contributed by atoms with Crippen LogP contribution in [0.25, 0.3) is 0 Å². The first kappa shape index (κ1) is 13.6. The third-order valence-corrected chi connectivity index (χ3v) is 2.52. The molecule has 0 spiro atoms. The molecule has 0 aliphatic heterocycles. The Bertz CT molecular complexity index is 619. The lowest BCUT2D eigenvalue weighted by Gasteiger charge is -2.05. The molecule has 2 rings (SSSR count). The second-order valence-electron chi connectivity index (χ2n) is 4.13. The van der Waals surface area contributed by atoms with Gasteiger partial charge < -0.3 is 14.9 Å². The highest BCUT2D eigenvalue weighted by atomic mass is 16.5. The van der Waals surface area contributed by atoms with Crippen molar-refractivity contribution in [1.82, 2.24) is 10.5 Å². The van der Waals surface area contributed by atoms with Crippen LogP contribution in [0.15, 0.2) is 34.9 Å². The lowest BCUT2D eigenvalue weighted by atomic mass is 10.1. The van der Waals surface area contributed by atoms with Crippen LogP contribution in [0.5, 0.6) is 0 Å². The topological polar surface area (TPSA) is 104 Å². The number of urea groups is 1. The van der Waals surface area contributed by atoms with E-state index >= 15 is 0 Å². The van der Waals surface area contributed by atoms with Crippen molar-refractivity contribution in [2.24, 2.45) is 0 Å². The fraction of sp³-hybridized carbons (Fsp3) is 0.154. The Hall–Kier alpha value is -2.83. The lowest BCUT2D eigenvalue weighted by molar-refractivity contribution is 0.0697. The molecule has 0 atom stereocenters. The molecular formula is C13H13N3O4. The molecule has 1 aromatic heterocycles. The van der Waals surface area contributed by atoms with Gasteiger partial charge in [0.05, 0.1) is 5.56 Å². The molecule has 2 aromatic rings. The van der Waals surface area contributed by atoms with E-state index in [4.69, 9.17) is 9.63 Å². The predicted molar refractivity (Wildman–Crippen MR) is 70.5 cm³/mol. The second kappa shape index (κ2) is 5.87. The normalized spacial score (nSPS) is 10.1. The van der Waals surface area contributed by atoms with Crippen molar-refractivity contribution in [3.63, 3.8) is 0 Å². The standard InChI is InChI=1S/C13H13N3O4/c1-8-6-11(16-20-8)15-13(19)14-7-9-2-4-10(5-3-9)12(17)18/h2-6H,7H2,1H3,(H,17,18)(H2,14,15,16,19). The Kier molecular flexibility index (Phi) is 3.99. The highest BCUT2D eigenvalue weighted by molar-refractivity contribution is 5.88. The van der Waals surface area contributed by atoms with E-state index in [1.807, 2.05) is 0 Å². The molecule has 1 heterocycles. The van der Waals surface area contributed by atoms with Crippen molar-refractivity contribution in [2.75, 3.05) is 5.32 Å². The first-order chi connectivity index (χ1) is 9.54. The Balaban J connectivity index is 1.85. The van der Waals surface area contributed by atoms with Gasteiger partial charge in [-0.15, -0.1) is 0 Å². The summed E-state index contributed by atoms with van der Waals surface area (Å²) in [4.78, 5) is 22.3. The Morgan fingerprint density at radius 1 is 1.30 bits per heavy atom. The first-order valence-electron chi connectivity index (χ1n) is 5.85. The number of aromatic nitrogens is 1. The number of carboxylic acids is 1. The molecule has 0 aliphatic rings. The number of hydrogen-bond donors (Lipinski definition) is 3. The van der Waals surface area contributed by atoms with Gasteiger partial charge in [0.15, 0.2) is 5.82 Å². The summed E-state index contributed by atoms with van der Waals surface area (Å²) in [6, 6.07) is 7.44. The van der Waals surface area contributed by atoms with Crippen molar-refractivity contribution in [3.8, 4) is 0 Å². The van der Waals surface area contributed by atoms with Gasteiger partial charge in [-0.25, -0.2) is 9.59 Å². The quantitative estimate of drug-likeness (QED) is 0.791. The SMILES string of the molecule is Cc1cc(NC(=O)NCc2ccc(C(=O)O)cc2)no1. The van der Waals surface area contributed by atoms with Crippen LogP contribution in [0.4, 0.5) is 10.6 Å². The Labute approximate surface area is 114 Å². The van der Waals surface area contributed by atoms with Gasteiger partial charge in [-0.3, -0.25) is 5.32 Å². The van der Waals surface area contributed by atoms with E-state index in [-0.39, 0.29) is 12.1 Å². The molecule has 2 amide bonds. The fourth-order valence-corrected chi connectivity index (χ4v) is 1.53. The van der Waals surface area contributed by atoms with E-state index in [9.17, 15) is 9.59 Å². The average molecular weight is 275 g/mol. The van der Waals surface area contributed by atoms with Gasteiger partial charge in [0, 0.05) is 12.6 Å². The van der Waals surface area contributed by atoms with Crippen LogP contribution in [0, 0.1) is 6.92 Å². The van der Waals surface area contributed by atoms with Crippen molar-refractivity contribution in [1.29, 1.82) is 0 Å². The van der Waals surface area contributed by atoms with E-state index in [2.05, 4.69) is 15.8 Å². The number of nitrogens with one attached hydrogen (secondary N) is 2. The minimum absolute atomic E-state index is 0.205. The number of carbonyl (C=O) groups excluding carboxylic acids is 1. The summed E-state index contributed by atoms with van der Waals surface area (Å²) in [5, 5.41) is 17.5. The third-order valence-electron chi connectivity index (χ3n) is 2.52. The molecule has 0 saturated carbocycles. The van der Waals surface area contributed by atoms with Crippen molar-refractivity contribution in [2.45, 2.75) is 13.5 Å². The van der Waals surface area contributed by atoms with Crippen LogP contribution in [0.2, 0.25) is 0 Å². The number of rotatable bonds is 4. The number of hydrogen-bond acceptors (Lipinski definition) is 4. The molecular weight excluding hydrogens is 262 g/mol. The molecule has 7 nitrogen and oxygen atoms in total. The van der Waals surface area contributed by atoms with E-state index in [1.165, 1.54) is 12.1 Å². The minimum Gasteiger partial charge on any atom is -0.478 e. The summed E-state index contributed by atoms with van der Waals surface area (Å²) in [5.41, 5.74) is 0.998. The van der Waals surface area contributed by atoms with E-state index in [1.54, 1.807) is 25.1 Å². The van der Waals surface area contributed by atoms with E-state index < -0.39 is 12.0 Å². The summed E-state index contributed by atoms with van der Waals surface area (Å²) in [6.45, 7) is 2.00. The van der Waals surface area contributed by atoms with Gasteiger partial charge in [-0.05, 0) is 24.6 Å². The number of carboxylic acid groups (broad SMARTS) is 1.